The summed E-state index contributed by atoms with van der Waals surface area (Å²) in [7, 11) is 0. The van der Waals surface area contributed by atoms with Crippen LogP contribution in [0.4, 0.5) is 16.2 Å². The third-order valence-electron chi connectivity index (χ3n) is 5.70. The number of halogens is 2. The first-order valence-corrected chi connectivity index (χ1v) is 12.2. The van der Waals surface area contributed by atoms with E-state index in [9.17, 15) is 14.4 Å². The van der Waals surface area contributed by atoms with Crippen LogP contribution < -0.4 is 15.1 Å². The molecule has 174 valence electrons. The number of benzene rings is 1. The minimum atomic E-state index is -0.516. The molecule has 3 amide bonds. The number of allylic oxidation sites excluding steroid dienone is 1. The summed E-state index contributed by atoms with van der Waals surface area (Å²) in [5.41, 5.74) is 1.20. The number of cyclic esters (lactones) is 1. The van der Waals surface area contributed by atoms with E-state index in [0.29, 0.717) is 38.6 Å². The van der Waals surface area contributed by atoms with Crippen LogP contribution >= 0.6 is 34.5 Å². The Hall–Kier alpha value is -2.55. The minimum absolute atomic E-state index is 0.0409. The number of piperidine rings is 1. The van der Waals surface area contributed by atoms with Crippen LogP contribution in [-0.2, 0) is 9.53 Å². The van der Waals surface area contributed by atoms with Crippen LogP contribution in [0.25, 0.3) is 0 Å². The second-order valence-corrected chi connectivity index (χ2v) is 10.0. The van der Waals surface area contributed by atoms with Crippen molar-refractivity contribution in [3.8, 4) is 0 Å². The summed E-state index contributed by atoms with van der Waals surface area (Å²) in [6, 6.07) is 8.47. The molecule has 0 saturated carbocycles. The van der Waals surface area contributed by atoms with Crippen molar-refractivity contribution >= 4 is 63.8 Å². The second-order valence-electron chi connectivity index (χ2n) is 7.92. The number of anilines is 2. The first kappa shape index (κ1) is 23.6. The summed E-state index contributed by atoms with van der Waals surface area (Å²) < 4.78 is 5.93. The van der Waals surface area contributed by atoms with Gasteiger partial charge in [0.25, 0.3) is 5.91 Å². The van der Waals surface area contributed by atoms with E-state index in [1.807, 2.05) is 0 Å². The number of nitrogens with one attached hydrogen (secondary N) is 1. The number of carbonyl (C=O) groups is 3. The van der Waals surface area contributed by atoms with Crippen molar-refractivity contribution in [3.05, 3.63) is 57.2 Å². The van der Waals surface area contributed by atoms with Crippen LogP contribution in [0.1, 0.15) is 28.9 Å². The molecule has 2 atom stereocenters. The lowest BCUT2D eigenvalue weighted by molar-refractivity contribution is -0.123. The van der Waals surface area contributed by atoms with Gasteiger partial charge in [0.1, 0.15) is 6.10 Å². The number of hydrogen-bond acceptors (Lipinski definition) is 5. The highest BCUT2D eigenvalue weighted by molar-refractivity contribution is 7.18. The molecule has 2 aromatic rings. The molecule has 1 N–H and O–H groups in total. The Bertz CT molecular complexity index is 1090. The van der Waals surface area contributed by atoms with Crippen molar-refractivity contribution < 1.29 is 19.1 Å². The second kappa shape index (κ2) is 10.2. The van der Waals surface area contributed by atoms with Crippen LogP contribution in [0.2, 0.25) is 9.36 Å². The van der Waals surface area contributed by atoms with E-state index in [2.05, 4.69) is 11.9 Å². The Labute approximate surface area is 205 Å². The van der Waals surface area contributed by atoms with E-state index >= 15 is 0 Å². The number of carbonyl (C=O) groups excluding carboxylic acids is 3. The van der Waals surface area contributed by atoms with Crippen LogP contribution in [0.3, 0.4) is 0 Å². The SMILES string of the molecule is C=CCC1CCCN(c2ccc(N3C[C@H](CNC(=O)c4ccc(Cl)s4)OC3=O)cc2Cl)C1=O. The standard InChI is InChI=1S/C23H23Cl2N3O4S/c1-2-4-14-5-3-10-27(22(14)30)18-7-6-15(11-17(18)24)28-13-16(32-23(28)31)12-26-21(29)19-8-9-20(25)33-19/h2,6-9,11,14,16H,1,3-5,10,12-13H2,(H,26,29)/t14?,16-/m0/s1. The predicted octanol–water partition coefficient (Wildman–Crippen LogP) is 5.13. The fourth-order valence-corrected chi connectivity index (χ4v) is 5.30. The lowest BCUT2D eigenvalue weighted by Gasteiger charge is -2.32. The van der Waals surface area contributed by atoms with Crippen molar-refractivity contribution in [2.24, 2.45) is 5.92 Å². The molecular formula is C23H23Cl2N3O4S. The molecule has 1 aromatic heterocycles. The zero-order valence-corrected chi connectivity index (χ0v) is 20.1. The molecule has 2 fully saturated rings. The third-order valence-corrected chi connectivity index (χ3v) is 7.23. The fraction of sp³-hybridized carbons (Fsp3) is 0.348. The number of amides is 3. The van der Waals surface area contributed by atoms with Gasteiger partial charge in [-0.25, -0.2) is 4.79 Å². The van der Waals surface area contributed by atoms with E-state index in [4.69, 9.17) is 27.9 Å². The largest absolute Gasteiger partial charge is 0.442 e. The van der Waals surface area contributed by atoms with Crippen molar-refractivity contribution in [2.45, 2.75) is 25.4 Å². The normalized spacial score (nSPS) is 20.7. The van der Waals surface area contributed by atoms with Crippen molar-refractivity contribution in [1.82, 2.24) is 5.32 Å². The highest BCUT2D eigenvalue weighted by Gasteiger charge is 2.34. The van der Waals surface area contributed by atoms with Crippen LogP contribution in [-0.4, -0.2) is 43.6 Å². The Morgan fingerprint density at radius 1 is 1.24 bits per heavy atom. The van der Waals surface area contributed by atoms with E-state index in [0.717, 1.165) is 12.8 Å². The maximum Gasteiger partial charge on any atom is 0.414 e. The van der Waals surface area contributed by atoms with Crippen molar-refractivity contribution in [1.29, 1.82) is 0 Å². The molecule has 0 spiro atoms. The average molecular weight is 508 g/mol. The maximum atomic E-state index is 12.8. The Morgan fingerprint density at radius 3 is 2.76 bits per heavy atom. The highest BCUT2D eigenvalue weighted by Crippen LogP contribution is 2.35. The summed E-state index contributed by atoms with van der Waals surface area (Å²) >= 11 is 13.6. The molecule has 1 unspecified atom stereocenters. The van der Waals surface area contributed by atoms with Gasteiger partial charge in [0, 0.05) is 18.2 Å². The number of rotatable bonds is 7. The van der Waals surface area contributed by atoms with Gasteiger partial charge in [0.15, 0.2) is 0 Å². The van der Waals surface area contributed by atoms with Gasteiger partial charge in [-0.2, -0.15) is 0 Å². The molecular weight excluding hydrogens is 485 g/mol. The number of nitrogens with zero attached hydrogens (tertiary/aromatic N) is 2. The maximum absolute atomic E-state index is 12.8. The van der Waals surface area contributed by atoms with Gasteiger partial charge in [-0.3, -0.25) is 14.5 Å². The molecule has 7 nitrogen and oxygen atoms in total. The number of ether oxygens (including phenoxy) is 1. The van der Waals surface area contributed by atoms with Gasteiger partial charge < -0.3 is 15.0 Å². The zero-order valence-electron chi connectivity index (χ0n) is 17.8. The molecule has 0 bridgehead atoms. The fourth-order valence-electron chi connectivity index (χ4n) is 4.06. The Morgan fingerprint density at radius 2 is 2.06 bits per heavy atom. The van der Waals surface area contributed by atoms with E-state index in [1.54, 1.807) is 41.3 Å². The summed E-state index contributed by atoms with van der Waals surface area (Å²) in [6.07, 6.45) is 3.13. The smallest absolute Gasteiger partial charge is 0.414 e. The number of thiophene rings is 1. The molecule has 3 heterocycles. The molecule has 1 aromatic carbocycles. The monoisotopic (exact) mass is 507 g/mol. The quantitative estimate of drug-likeness (QED) is 0.526. The molecule has 2 aliphatic rings. The third kappa shape index (κ3) is 5.18. The summed E-state index contributed by atoms with van der Waals surface area (Å²) in [4.78, 5) is 41.1. The summed E-state index contributed by atoms with van der Waals surface area (Å²) in [6.45, 7) is 4.79. The molecule has 0 aliphatic carbocycles. The average Bonchev–Trinajstić information content (AvgIpc) is 3.39. The van der Waals surface area contributed by atoms with E-state index in [-0.39, 0.29) is 30.8 Å². The predicted molar refractivity (Wildman–Crippen MR) is 131 cm³/mol. The van der Waals surface area contributed by atoms with Crippen LogP contribution in [0, 0.1) is 5.92 Å². The molecule has 2 saturated heterocycles. The molecule has 33 heavy (non-hydrogen) atoms. The van der Waals surface area contributed by atoms with Crippen molar-refractivity contribution in [2.75, 3.05) is 29.4 Å². The molecule has 4 rings (SSSR count). The lowest BCUT2D eigenvalue weighted by atomic mass is 9.93. The molecule has 0 radical (unpaired) electrons. The lowest BCUT2D eigenvalue weighted by Crippen LogP contribution is -2.41. The van der Waals surface area contributed by atoms with Gasteiger partial charge >= 0.3 is 6.09 Å². The highest BCUT2D eigenvalue weighted by atomic mass is 35.5. The van der Waals surface area contributed by atoms with Crippen LogP contribution in [0.5, 0.6) is 0 Å². The van der Waals surface area contributed by atoms with E-state index in [1.165, 1.54) is 16.2 Å². The molecule has 2 aliphatic heterocycles. The van der Waals surface area contributed by atoms with Gasteiger partial charge in [0.2, 0.25) is 5.91 Å². The first-order chi connectivity index (χ1) is 15.9. The number of hydrogen-bond donors (Lipinski definition) is 1. The topological polar surface area (TPSA) is 79.0 Å². The molecule has 10 heteroatoms. The minimum Gasteiger partial charge on any atom is -0.442 e. The van der Waals surface area contributed by atoms with Crippen molar-refractivity contribution in [3.63, 3.8) is 0 Å². The zero-order chi connectivity index (χ0) is 23.5. The first-order valence-electron chi connectivity index (χ1n) is 10.6. The Balaban J connectivity index is 1.40. The van der Waals surface area contributed by atoms with Gasteiger partial charge in [0.05, 0.1) is 33.0 Å². The van der Waals surface area contributed by atoms with Gasteiger partial charge in [-0.15, -0.1) is 17.9 Å². The summed E-state index contributed by atoms with van der Waals surface area (Å²) in [5, 5.41) is 3.15. The van der Waals surface area contributed by atoms with Gasteiger partial charge in [-0.1, -0.05) is 29.3 Å². The summed E-state index contributed by atoms with van der Waals surface area (Å²) in [5.74, 6) is -0.310. The van der Waals surface area contributed by atoms with Gasteiger partial charge in [-0.05, 0) is 49.6 Å². The van der Waals surface area contributed by atoms with Crippen LogP contribution in [0.15, 0.2) is 43.0 Å². The Kier molecular flexibility index (Phi) is 7.26. The van der Waals surface area contributed by atoms with E-state index < -0.39 is 12.2 Å².